The Labute approximate surface area is 150 Å². The monoisotopic (exact) mass is 339 g/mol. The summed E-state index contributed by atoms with van der Waals surface area (Å²) in [6, 6.07) is 6.90. The molecule has 0 radical (unpaired) electrons. The maximum atomic E-state index is 12.3. The summed E-state index contributed by atoms with van der Waals surface area (Å²) in [4.78, 5) is 23.3. The van der Waals surface area contributed by atoms with Gasteiger partial charge < -0.3 is 10.1 Å². The van der Waals surface area contributed by atoms with Crippen LogP contribution in [0.2, 0.25) is 0 Å². The zero-order chi connectivity index (χ0) is 17.4. The van der Waals surface area contributed by atoms with Gasteiger partial charge in [-0.2, -0.15) is 0 Å². The van der Waals surface area contributed by atoms with Crippen LogP contribution >= 0.6 is 0 Å². The predicted molar refractivity (Wildman–Crippen MR) is 98.5 cm³/mol. The van der Waals surface area contributed by atoms with Crippen molar-refractivity contribution < 1.29 is 9.59 Å². The number of aryl methyl sites for hydroxylation is 1. The first-order valence-corrected chi connectivity index (χ1v) is 10.0. The molecule has 3 aliphatic carbocycles. The molecule has 0 bridgehead atoms. The fraction of sp³-hybridized carbons (Fsp3) is 0.636. The van der Waals surface area contributed by atoms with Gasteiger partial charge in [0.2, 0.25) is 5.91 Å². The molecular weight excluding hydrogens is 310 g/mol. The molecule has 25 heavy (non-hydrogen) atoms. The number of benzene rings is 1. The van der Waals surface area contributed by atoms with Crippen molar-refractivity contribution in [3.8, 4) is 0 Å². The van der Waals surface area contributed by atoms with Gasteiger partial charge in [0, 0.05) is 17.4 Å². The maximum Gasteiger partial charge on any atom is 0.223 e. The van der Waals surface area contributed by atoms with Crippen LogP contribution in [0.1, 0.15) is 74.5 Å². The Morgan fingerprint density at radius 1 is 1.24 bits per heavy atom. The SMILES string of the molecule is CC[C@@]1(NC(=O)C2CC2)CC[C@H](c2ccc3c(c2)CC[C@@H](C=O)C3)C1. The van der Waals surface area contributed by atoms with Gasteiger partial charge in [0.1, 0.15) is 6.29 Å². The van der Waals surface area contributed by atoms with E-state index in [0.29, 0.717) is 5.92 Å². The minimum Gasteiger partial charge on any atom is -0.350 e. The summed E-state index contributed by atoms with van der Waals surface area (Å²) in [6.07, 6.45) is 10.5. The van der Waals surface area contributed by atoms with Gasteiger partial charge in [-0.3, -0.25) is 4.79 Å². The molecule has 0 aliphatic heterocycles. The van der Waals surface area contributed by atoms with Crippen LogP contribution in [0.25, 0.3) is 0 Å². The third-order valence-electron chi connectivity index (χ3n) is 6.78. The second kappa shape index (κ2) is 6.59. The molecule has 0 saturated heterocycles. The molecule has 3 aliphatic rings. The van der Waals surface area contributed by atoms with Gasteiger partial charge in [-0.25, -0.2) is 0 Å². The second-order valence-corrected chi connectivity index (χ2v) is 8.50. The number of carbonyl (C=O) groups is 2. The average molecular weight is 339 g/mol. The number of fused-ring (bicyclic) bond motifs is 1. The molecule has 4 rings (SSSR count). The third kappa shape index (κ3) is 3.38. The van der Waals surface area contributed by atoms with E-state index in [1.165, 1.54) is 16.7 Å². The first-order chi connectivity index (χ1) is 12.1. The fourth-order valence-electron chi connectivity index (χ4n) is 4.82. The molecule has 3 heteroatoms. The third-order valence-corrected chi connectivity index (χ3v) is 6.78. The van der Waals surface area contributed by atoms with Gasteiger partial charge >= 0.3 is 0 Å². The summed E-state index contributed by atoms with van der Waals surface area (Å²) in [7, 11) is 0. The summed E-state index contributed by atoms with van der Waals surface area (Å²) in [5.41, 5.74) is 4.22. The molecule has 2 fully saturated rings. The van der Waals surface area contributed by atoms with E-state index in [-0.39, 0.29) is 23.3 Å². The van der Waals surface area contributed by atoms with Crippen LogP contribution in [0.4, 0.5) is 0 Å². The van der Waals surface area contributed by atoms with E-state index >= 15 is 0 Å². The number of nitrogens with one attached hydrogen (secondary N) is 1. The molecular formula is C22H29NO2. The summed E-state index contributed by atoms with van der Waals surface area (Å²) >= 11 is 0. The van der Waals surface area contributed by atoms with Crippen molar-refractivity contribution >= 4 is 12.2 Å². The summed E-state index contributed by atoms with van der Waals surface area (Å²) in [5.74, 6) is 1.33. The molecule has 0 aromatic heterocycles. The Morgan fingerprint density at radius 2 is 2.08 bits per heavy atom. The van der Waals surface area contributed by atoms with Crippen LogP contribution in [0.15, 0.2) is 18.2 Å². The highest BCUT2D eigenvalue weighted by atomic mass is 16.2. The average Bonchev–Trinajstić information content (AvgIpc) is 3.42. The number of carbonyl (C=O) groups excluding carboxylic acids is 2. The lowest BCUT2D eigenvalue weighted by molar-refractivity contribution is -0.124. The molecule has 3 nitrogen and oxygen atoms in total. The van der Waals surface area contributed by atoms with E-state index in [4.69, 9.17) is 0 Å². The van der Waals surface area contributed by atoms with Crippen LogP contribution < -0.4 is 5.32 Å². The lowest BCUT2D eigenvalue weighted by Crippen LogP contribution is -2.46. The molecule has 3 atom stereocenters. The largest absolute Gasteiger partial charge is 0.350 e. The first-order valence-electron chi connectivity index (χ1n) is 10.0. The van der Waals surface area contributed by atoms with Crippen molar-refractivity contribution in [2.24, 2.45) is 11.8 Å². The molecule has 1 amide bonds. The van der Waals surface area contributed by atoms with Crippen molar-refractivity contribution in [3.05, 3.63) is 34.9 Å². The number of aldehydes is 1. The zero-order valence-corrected chi connectivity index (χ0v) is 15.2. The second-order valence-electron chi connectivity index (χ2n) is 8.50. The summed E-state index contributed by atoms with van der Waals surface area (Å²) < 4.78 is 0. The number of hydrogen-bond donors (Lipinski definition) is 1. The highest BCUT2D eigenvalue weighted by Gasteiger charge is 2.42. The molecule has 1 aromatic carbocycles. The van der Waals surface area contributed by atoms with Crippen molar-refractivity contribution in [2.45, 2.75) is 76.2 Å². The van der Waals surface area contributed by atoms with Gasteiger partial charge in [0.05, 0.1) is 0 Å². The molecule has 1 N–H and O–H groups in total. The van der Waals surface area contributed by atoms with E-state index in [1.807, 2.05) is 0 Å². The van der Waals surface area contributed by atoms with Gasteiger partial charge in [-0.15, -0.1) is 0 Å². The Balaban J connectivity index is 1.47. The fourth-order valence-corrected chi connectivity index (χ4v) is 4.82. The minimum atomic E-state index is 0.00283. The van der Waals surface area contributed by atoms with Gasteiger partial charge in [0.15, 0.2) is 0 Å². The van der Waals surface area contributed by atoms with E-state index in [1.54, 1.807) is 0 Å². The maximum absolute atomic E-state index is 12.3. The molecule has 0 unspecified atom stereocenters. The highest BCUT2D eigenvalue weighted by molar-refractivity contribution is 5.81. The van der Waals surface area contributed by atoms with E-state index in [0.717, 1.165) is 64.1 Å². The molecule has 1 aromatic rings. The minimum absolute atomic E-state index is 0.00283. The number of rotatable bonds is 5. The Kier molecular flexibility index (Phi) is 4.43. The van der Waals surface area contributed by atoms with Crippen molar-refractivity contribution in [1.82, 2.24) is 5.32 Å². The lowest BCUT2D eigenvalue weighted by atomic mass is 9.82. The molecule has 0 heterocycles. The molecule has 2 saturated carbocycles. The first kappa shape index (κ1) is 16.8. The van der Waals surface area contributed by atoms with Gasteiger partial charge in [-0.05, 0) is 80.4 Å². The van der Waals surface area contributed by atoms with Gasteiger partial charge in [-0.1, -0.05) is 25.1 Å². The van der Waals surface area contributed by atoms with Crippen LogP contribution in [-0.2, 0) is 22.4 Å². The Hall–Kier alpha value is -1.64. The van der Waals surface area contributed by atoms with Crippen molar-refractivity contribution in [3.63, 3.8) is 0 Å². The lowest BCUT2D eigenvalue weighted by Gasteiger charge is -2.30. The standard InChI is InChI=1S/C22H29NO2/c1-2-22(23-21(25)16-5-6-16)10-9-20(13-22)19-8-7-17-11-15(14-24)3-4-18(17)12-19/h7-8,12,14-16,20H,2-6,9-11,13H2,1H3,(H,23,25)/t15-,20+,22-/m1/s1. The number of hydrogen-bond acceptors (Lipinski definition) is 2. The Bertz CT molecular complexity index is 679. The van der Waals surface area contributed by atoms with E-state index in [2.05, 4.69) is 30.4 Å². The van der Waals surface area contributed by atoms with E-state index in [9.17, 15) is 9.59 Å². The van der Waals surface area contributed by atoms with Crippen LogP contribution in [0, 0.1) is 11.8 Å². The molecule has 0 spiro atoms. The summed E-state index contributed by atoms with van der Waals surface area (Å²) in [6.45, 7) is 2.21. The summed E-state index contributed by atoms with van der Waals surface area (Å²) in [5, 5.41) is 3.40. The normalized spacial score (nSPS) is 31.4. The van der Waals surface area contributed by atoms with Crippen LogP contribution in [0.5, 0.6) is 0 Å². The highest BCUT2D eigenvalue weighted by Crippen LogP contribution is 2.44. The Morgan fingerprint density at radius 3 is 2.80 bits per heavy atom. The van der Waals surface area contributed by atoms with Crippen molar-refractivity contribution in [1.29, 1.82) is 0 Å². The number of amides is 1. The van der Waals surface area contributed by atoms with Crippen LogP contribution in [0.3, 0.4) is 0 Å². The van der Waals surface area contributed by atoms with Crippen LogP contribution in [-0.4, -0.2) is 17.7 Å². The van der Waals surface area contributed by atoms with Crippen molar-refractivity contribution in [2.75, 3.05) is 0 Å². The quantitative estimate of drug-likeness (QED) is 0.826. The zero-order valence-electron chi connectivity index (χ0n) is 15.2. The van der Waals surface area contributed by atoms with Gasteiger partial charge in [0.25, 0.3) is 0 Å². The molecule has 134 valence electrons. The topological polar surface area (TPSA) is 46.2 Å². The van der Waals surface area contributed by atoms with E-state index < -0.39 is 0 Å². The smallest absolute Gasteiger partial charge is 0.223 e. The predicted octanol–water partition coefficient (Wildman–Crippen LogP) is 3.93.